The van der Waals surface area contributed by atoms with Gasteiger partial charge in [-0.15, -0.1) is 0 Å². The van der Waals surface area contributed by atoms with E-state index in [2.05, 4.69) is 37.6 Å². The van der Waals surface area contributed by atoms with E-state index in [4.69, 9.17) is 4.74 Å². The molecule has 4 rings (SSSR count). The topological polar surface area (TPSA) is 79.4 Å². The highest BCUT2D eigenvalue weighted by molar-refractivity contribution is 5.88. The third-order valence-corrected chi connectivity index (χ3v) is 4.88. The van der Waals surface area contributed by atoms with Crippen LogP contribution in [0, 0.1) is 0 Å². The molecule has 154 valence electrons. The summed E-state index contributed by atoms with van der Waals surface area (Å²) in [5, 5.41) is 6.03. The number of nitrogens with one attached hydrogen (secondary N) is 2. The van der Waals surface area contributed by atoms with Crippen molar-refractivity contribution < 1.29 is 9.53 Å². The van der Waals surface area contributed by atoms with Gasteiger partial charge in [-0.3, -0.25) is 9.69 Å². The standard InChI is InChI=1S/C23H25N5O2/c1-17(29)25-20-8-4-19(5-9-20)22-10-11-24-23(27-22)26-21-6-2-18(3-7-21)16-28-12-14-30-15-13-28/h2-11H,12-16H2,1H3,(H,25,29)(H,24,26,27). The average Bonchev–Trinajstić information content (AvgIpc) is 2.76. The molecule has 0 spiro atoms. The van der Waals surface area contributed by atoms with Crippen molar-refractivity contribution in [3.63, 3.8) is 0 Å². The second kappa shape index (κ2) is 9.47. The zero-order valence-corrected chi connectivity index (χ0v) is 17.0. The number of hydrogen-bond acceptors (Lipinski definition) is 6. The SMILES string of the molecule is CC(=O)Nc1ccc(-c2ccnc(Nc3ccc(CN4CCOCC4)cc3)n2)cc1. The normalized spacial score (nSPS) is 14.3. The highest BCUT2D eigenvalue weighted by atomic mass is 16.5. The van der Waals surface area contributed by atoms with Crippen LogP contribution in [0.15, 0.2) is 60.8 Å². The molecule has 1 aliphatic rings. The fraction of sp³-hybridized carbons (Fsp3) is 0.261. The quantitative estimate of drug-likeness (QED) is 0.654. The number of amides is 1. The Hall–Kier alpha value is -3.29. The maximum absolute atomic E-state index is 11.2. The van der Waals surface area contributed by atoms with Crippen molar-refractivity contribution in [3.8, 4) is 11.3 Å². The second-order valence-corrected chi connectivity index (χ2v) is 7.23. The highest BCUT2D eigenvalue weighted by Crippen LogP contribution is 2.22. The van der Waals surface area contributed by atoms with Gasteiger partial charge in [0.05, 0.1) is 18.9 Å². The zero-order chi connectivity index (χ0) is 20.8. The predicted octanol–water partition coefficient (Wildman–Crippen LogP) is 3.68. The molecule has 2 aromatic carbocycles. The first kappa shape index (κ1) is 20.0. The van der Waals surface area contributed by atoms with Gasteiger partial charge in [0.25, 0.3) is 0 Å². The van der Waals surface area contributed by atoms with E-state index in [0.717, 1.165) is 55.5 Å². The number of carbonyl (C=O) groups excluding carboxylic acids is 1. The third-order valence-electron chi connectivity index (χ3n) is 4.88. The van der Waals surface area contributed by atoms with Gasteiger partial charge in [-0.1, -0.05) is 24.3 Å². The summed E-state index contributed by atoms with van der Waals surface area (Å²) in [6.45, 7) is 6.00. The van der Waals surface area contributed by atoms with Crippen molar-refractivity contribution in [2.24, 2.45) is 0 Å². The molecule has 7 heteroatoms. The van der Waals surface area contributed by atoms with E-state index < -0.39 is 0 Å². The molecular formula is C23H25N5O2. The van der Waals surface area contributed by atoms with Crippen molar-refractivity contribution in [3.05, 3.63) is 66.4 Å². The van der Waals surface area contributed by atoms with Crippen LogP contribution in [0.5, 0.6) is 0 Å². The molecule has 1 aliphatic heterocycles. The smallest absolute Gasteiger partial charge is 0.227 e. The van der Waals surface area contributed by atoms with Crippen molar-refractivity contribution in [1.29, 1.82) is 0 Å². The van der Waals surface area contributed by atoms with Crippen molar-refractivity contribution >= 4 is 23.2 Å². The molecule has 2 N–H and O–H groups in total. The number of hydrogen-bond donors (Lipinski definition) is 2. The molecule has 0 bridgehead atoms. The van der Waals surface area contributed by atoms with Gasteiger partial charge in [0.15, 0.2) is 0 Å². The maximum Gasteiger partial charge on any atom is 0.227 e. The van der Waals surface area contributed by atoms with Gasteiger partial charge in [0.2, 0.25) is 11.9 Å². The van der Waals surface area contributed by atoms with E-state index in [0.29, 0.717) is 5.95 Å². The summed E-state index contributed by atoms with van der Waals surface area (Å²) in [5.74, 6) is 0.451. The molecule has 1 aromatic heterocycles. The van der Waals surface area contributed by atoms with Crippen LogP contribution in [0.4, 0.5) is 17.3 Å². The Labute approximate surface area is 176 Å². The number of rotatable bonds is 6. The number of nitrogens with zero attached hydrogens (tertiary/aromatic N) is 3. The summed E-state index contributed by atoms with van der Waals surface area (Å²) < 4.78 is 5.40. The summed E-state index contributed by atoms with van der Waals surface area (Å²) in [5.41, 5.74) is 4.74. The molecular weight excluding hydrogens is 378 g/mol. The van der Waals surface area contributed by atoms with Crippen molar-refractivity contribution in [2.75, 3.05) is 36.9 Å². The van der Waals surface area contributed by atoms with E-state index in [1.807, 2.05) is 42.5 Å². The lowest BCUT2D eigenvalue weighted by Crippen LogP contribution is -2.35. The minimum Gasteiger partial charge on any atom is -0.379 e. The number of aromatic nitrogens is 2. The van der Waals surface area contributed by atoms with Crippen LogP contribution >= 0.6 is 0 Å². The van der Waals surface area contributed by atoms with E-state index in [1.165, 1.54) is 12.5 Å². The maximum atomic E-state index is 11.2. The second-order valence-electron chi connectivity index (χ2n) is 7.23. The summed E-state index contributed by atoms with van der Waals surface area (Å²) >= 11 is 0. The molecule has 1 saturated heterocycles. The lowest BCUT2D eigenvalue weighted by molar-refractivity contribution is -0.114. The van der Waals surface area contributed by atoms with Crippen LogP contribution in [0.25, 0.3) is 11.3 Å². The first-order valence-corrected chi connectivity index (χ1v) is 10.0. The number of morpholine rings is 1. The summed E-state index contributed by atoms with van der Waals surface area (Å²) in [6, 6.07) is 17.8. The fourth-order valence-electron chi connectivity index (χ4n) is 3.35. The van der Waals surface area contributed by atoms with Crippen LogP contribution in [-0.2, 0) is 16.1 Å². The highest BCUT2D eigenvalue weighted by Gasteiger charge is 2.10. The van der Waals surface area contributed by atoms with Gasteiger partial charge in [0.1, 0.15) is 0 Å². The minimum atomic E-state index is -0.0905. The number of anilines is 3. The number of benzene rings is 2. The van der Waals surface area contributed by atoms with Gasteiger partial charge < -0.3 is 15.4 Å². The Bertz CT molecular complexity index is 983. The zero-order valence-electron chi connectivity index (χ0n) is 17.0. The number of carbonyl (C=O) groups is 1. The van der Waals surface area contributed by atoms with E-state index >= 15 is 0 Å². The summed E-state index contributed by atoms with van der Waals surface area (Å²) in [7, 11) is 0. The Morgan fingerprint density at radius 3 is 2.40 bits per heavy atom. The monoisotopic (exact) mass is 403 g/mol. The lowest BCUT2D eigenvalue weighted by atomic mass is 10.1. The van der Waals surface area contributed by atoms with Crippen molar-refractivity contribution in [1.82, 2.24) is 14.9 Å². The first-order chi connectivity index (χ1) is 14.7. The molecule has 0 atom stereocenters. The van der Waals surface area contributed by atoms with Crippen LogP contribution in [0.2, 0.25) is 0 Å². The van der Waals surface area contributed by atoms with Gasteiger partial charge in [-0.25, -0.2) is 9.97 Å². The number of ether oxygens (including phenoxy) is 1. The molecule has 1 fully saturated rings. The van der Waals surface area contributed by atoms with E-state index in [9.17, 15) is 4.79 Å². The molecule has 0 unspecified atom stereocenters. The fourth-order valence-corrected chi connectivity index (χ4v) is 3.35. The van der Waals surface area contributed by atoms with Crippen LogP contribution < -0.4 is 10.6 Å². The largest absolute Gasteiger partial charge is 0.379 e. The molecule has 7 nitrogen and oxygen atoms in total. The van der Waals surface area contributed by atoms with Crippen LogP contribution in [0.1, 0.15) is 12.5 Å². The molecule has 0 saturated carbocycles. The Morgan fingerprint density at radius 2 is 1.70 bits per heavy atom. The molecule has 30 heavy (non-hydrogen) atoms. The molecule has 2 heterocycles. The Morgan fingerprint density at radius 1 is 1.00 bits per heavy atom. The molecule has 3 aromatic rings. The first-order valence-electron chi connectivity index (χ1n) is 10.0. The average molecular weight is 403 g/mol. The summed E-state index contributed by atoms with van der Waals surface area (Å²) in [6.07, 6.45) is 1.74. The van der Waals surface area contributed by atoms with Crippen LogP contribution in [0.3, 0.4) is 0 Å². The molecule has 1 amide bonds. The Kier molecular flexibility index (Phi) is 6.32. The van der Waals surface area contributed by atoms with E-state index in [1.54, 1.807) is 6.20 Å². The van der Waals surface area contributed by atoms with Crippen LogP contribution in [-0.4, -0.2) is 47.1 Å². The van der Waals surface area contributed by atoms with Gasteiger partial charge >= 0.3 is 0 Å². The minimum absolute atomic E-state index is 0.0905. The molecule has 0 aliphatic carbocycles. The van der Waals surface area contributed by atoms with Gasteiger partial charge in [0, 0.05) is 49.7 Å². The predicted molar refractivity (Wildman–Crippen MR) is 118 cm³/mol. The van der Waals surface area contributed by atoms with E-state index in [-0.39, 0.29) is 5.91 Å². The summed E-state index contributed by atoms with van der Waals surface area (Å²) in [4.78, 5) is 22.5. The third kappa shape index (κ3) is 5.40. The Balaban J connectivity index is 1.40. The van der Waals surface area contributed by atoms with Crippen molar-refractivity contribution in [2.45, 2.75) is 13.5 Å². The lowest BCUT2D eigenvalue weighted by Gasteiger charge is -2.26. The van der Waals surface area contributed by atoms with Gasteiger partial charge in [-0.05, 0) is 35.9 Å². The molecule has 0 radical (unpaired) electrons. The van der Waals surface area contributed by atoms with Gasteiger partial charge in [-0.2, -0.15) is 0 Å².